The third-order valence-corrected chi connectivity index (χ3v) is 3.45. The average molecular weight is 295 g/mol. The van der Waals surface area contributed by atoms with Crippen molar-refractivity contribution in [2.45, 2.75) is 16.0 Å². The Morgan fingerprint density at radius 2 is 1.75 bits per heavy atom. The Morgan fingerprint density at radius 3 is 2.35 bits per heavy atom. The second-order valence-corrected chi connectivity index (χ2v) is 5.06. The van der Waals surface area contributed by atoms with E-state index in [4.69, 9.17) is 5.26 Å². The molecular formula is C14H8F3NOS. The van der Waals surface area contributed by atoms with Gasteiger partial charge in [0.15, 0.2) is 0 Å². The fourth-order valence-electron chi connectivity index (χ4n) is 1.60. The SMILES string of the molecule is N#Cc1ccc(Sc2cccc(O)c2)cc1C(F)(F)F. The molecule has 20 heavy (non-hydrogen) atoms. The number of nitriles is 1. The lowest BCUT2D eigenvalue weighted by atomic mass is 10.1. The summed E-state index contributed by atoms with van der Waals surface area (Å²) in [7, 11) is 0. The topological polar surface area (TPSA) is 44.0 Å². The number of nitrogens with zero attached hydrogens (tertiary/aromatic N) is 1. The minimum absolute atomic E-state index is 0.0414. The van der Waals surface area contributed by atoms with Crippen molar-refractivity contribution in [1.29, 1.82) is 5.26 Å². The van der Waals surface area contributed by atoms with Gasteiger partial charge in [-0.15, -0.1) is 0 Å². The van der Waals surface area contributed by atoms with Crippen LogP contribution < -0.4 is 0 Å². The third-order valence-electron chi connectivity index (χ3n) is 2.47. The molecule has 2 aromatic rings. The van der Waals surface area contributed by atoms with E-state index in [1.54, 1.807) is 12.1 Å². The Morgan fingerprint density at radius 1 is 1.05 bits per heavy atom. The summed E-state index contributed by atoms with van der Waals surface area (Å²) in [5, 5.41) is 18.0. The fourth-order valence-corrected chi connectivity index (χ4v) is 2.51. The van der Waals surface area contributed by atoms with Gasteiger partial charge in [-0.2, -0.15) is 18.4 Å². The van der Waals surface area contributed by atoms with E-state index in [1.807, 2.05) is 0 Å². The van der Waals surface area contributed by atoms with Gasteiger partial charge in [-0.3, -0.25) is 0 Å². The molecule has 0 aromatic heterocycles. The van der Waals surface area contributed by atoms with Crippen LogP contribution in [0.2, 0.25) is 0 Å². The monoisotopic (exact) mass is 295 g/mol. The van der Waals surface area contributed by atoms with Crippen LogP contribution in [0.3, 0.4) is 0 Å². The predicted molar refractivity (Wildman–Crippen MR) is 68.4 cm³/mol. The molecule has 0 aliphatic carbocycles. The van der Waals surface area contributed by atoms with Gasteiger partial charge in [-0.1, -0.05) is 17.8 Å². The van der Waals surface area contributed by atoms with Crippen molar-refractivity contribution in [3.8, 4) is 11.8 Å². The van der Waals surface area contributed by atoms with Gasteiger partial charge in [-0.05, 0) is 36.4 Å². The molecule has 0 bridgehead atoms. The highest BCUT2D eigenvalue weighted by molar-refractivity contribution is 7.99. The quantitative estimate of drug-likeness (QED) is 0.891. The maximum atomic E-state index is 12.8. The molecule has 0 fully saturated rings. The second kappa shape index (κ2) is 5.47. The number of aromatic hydroxyl groups is 1. The minimum atomic E-state index is -4.57. The molecule has 0 saturated heterocycles. The zero-order valence-corrected chi connectivity index (χ0v) is 10.8. The molecule has 2 rings (SSSR count). The van der Waals surface area contributed by atoms with Gasteiger partial charge in [0.05, 0.1) is 17.2 Å². The molecule has 0 spiro atoms. The maximum absolute atomic E-state index is 12.8. The average Bonchev–Trinajstić information content (AvgIpc) is 2.37. The van der Waals surface area contributed by atoms with Crippen LogP contribution in [0.5, 0.6) is 5.75 Å². The first-order valence-electron chi connectivity index (χ1n) is 5.48. The number of phenolic OH excluding ortho intramolecular Hbond substituents is 1. The van der Waals surface area contributed by atoms with Crippen LogP contribution in [0, 0.1) is 11.3 Å². The van der Waals surface area contributed by atoms with Gasteiger partial charge in [0.2, 0.25) is 0 Å². The van der Waals surface area contributed by atoms with E-state index in [0.717, 1.165) is 23.9 Å². The summed E-state index contributed by atoms with van der Waals surface area (Å²) in [6, 6.07) is 11.3. The molecule has 0 unspecified atom stereocenters. The van der Waals surface area contributed by atoms with Crippen molar-refractivity contribution in [2.75, 3.05) is 0 Å². The number of halogens is 3. The third kappa shape index (κ3) is 3.25. The molecule has 2 nitrogen and oxygen atoms in total. The Hall–Kier alpha value is -2.13. The van der Waals surface area contributed by atoms with E-state index in [9.17, 15) is 18.3 Å². The van der Waals surface area contributed by atoms with Crippen LogP contribution in [0.25, 0.3) is 0 Å². The normalized spacial score (nSPS) is 11.1. The molecule has 0 amide bonds. The zero-order valence-electron chi connectivity index (χ0n) is 9.98. The smallest absolute Gasteiger partial charge is 0.417 e. The first-order chi connectivity index (χ1) is 9.40. The molecule has 0 radical (unpaired) electrons. The lowest BCUT2D eigenvalue weighted by Gasteiger charge is -2.10. The van der Waals surface area contributed by atoms with E-state index in [2.05, 4.69) is 0 Å². The summed E-state index contributed by atoms with van der Waals surface area (Å²) in [5.41, 5.74) is -1.36. The van der Waals surface area contributed by atoms with Crippen LogP contribution >= 0.6 is 11.8 Å². The van der Waals surface area contributed by atoms with Crippen LogP contribution in [0.4, 0.5) is 13.2 Å². The lowest BCUT2D eigenvalue weighted by molar-refractivity contribution is -0.137. The standard InChI is InChI=1S/C14H8F3NOS/c15-14(16,17)13-7-12(5-4-9(13)8-18)20-11-3-1-2-10(19)6-11/h1-7,19H. The summed E-state index contributed by atoms with van der Waals surface area (Å²) in [5.74, 6) is 0.0414. The van der Waals surface area contributed by atoms with Crippen molar-refractivity contribution < 1.29 is 18.3 Å². The largest absolute Gasteiger partial charge is 0.508 e. The van der Waals surface area contributed by atoms with E-state index < -0.39 is 17.3 Å². The molecule has 102 valence electrons. The Labute approximate surface area is 117 Å². The molecule has 0 heterocycles. The fraction of sp³-hybridized carbons (Fsp3) is 0.0714. The summed E-state index contributed by atoms with van der Waals surface area (Å²) >= 11 is 1.08. The van der Waals surface area contributed by atoms with Gasteiger partial charge in [-0.25, -0.2) is 0 Å². The van der Waals surface area contributed by atoms with E-state index >= 15 is 0 Å². The predicted octanol–water partition coefficient (Wildman–Crippen LogP) is 4.43. The molecule has 0 aliphatic rings. The van der Waals surface area contributed by atoms with Crippen LogP contribution in [-0.4, -0.2) is 5.11 Å². The number of benzene rings is 2. The Bertz CT molecular complexity index is 677. The number of hydrogen-bond donors (Lipinski definition) is 1. The molecular weight excluding hydrogens is 287 g/mol. The van der Waals surface area contributed by atoms with Crippen molar-refractivity contribution in [3.63, 3.8) is 0 Å². The van der Waals surface area contributed by atoms with Crippen molar-refractivity contribution >= 4 is 11.8 Å². The number of hydrogen-bond acceptors (Lipinski definition) is 3. The van der Waals surface area contributed by atoms with Gasteiger partial charge in [0, 0.05) is 9.79 Å². The van der Waals surface area contributed by atoms with Crippen molar-refractivity contribution in [1.82, 2.24) is 0 Å². The lowest BCUT2D eigenvalue weighted by Crippen LogP contribution is -2.07. The van der Waals surface area contributed by atoms with Crippen molar-refractivity contribution in [3.05, 3.63) is 53.6 Å². The van der Waals surface area contributed by atoms with Crippen LogP contribution in [0.15, 0.2) is 52.3 Å². The summed E-state index contributed by atoms with van der Waals surface area (Å²) < 4.78 is 38.5. The maximum Gasteiger partial charge on any atom is 0.417 e. The van der Waals surface area contributed by atoms with Gasteiger partial charge in [0.1, 0.15) is 5.75 Å². The first-order valence-corrected chi connectivity index (χ1v) is 6.30. The van der Waals surface area contributed by atoms with Gasteiger partial charge < -0.3 is 5.11 Å². The number of alkyl halides is 3. The van der Waals surface area contributed by atoms with Gasteiger partial charge >= 0.3 is 6.18 Å². The summed E-state index contributed by atoms with van der Waals surface area (Å²) in [4.78, 5) is 0.963. The van der Waals surface area contributed by atoms with Crippen molar-refractivity contribution in [2.24, 2.45) is 0 Å². The van der Waals surface area contributed by atoms with Crippen LogP contribution in [-0.2, 0) is 6.18 Å². The van der Waals surface area contributed by atoms with Gasteiger partial charge in [0.25, 0.3) is 0 Å². The highest BCUT2D eigenvalue weighted by Crippen LogP contribution is 2.36. The van der Waals surface area contributed by atoms with E-state index in [-0.39, 0.29) is 5.75 Å². The molecule has 0 atom stereocenters. The summed E-state index contributed by atoms with van der Waals surface area (Å²) in [6.07, 6.45) is -4.57. The van der Waals surface area contributed by atoms with E-state index in [1.165, 1.54) is 24.3 Å². The zero-order chi connectivity index (χ0) is 14.8. The number of rotatable bonds is 2. The Kier molecular flexibility index (Phi) is 3.91. The highest BCUT2D eigenvalue weighted by Gasteiger charge is 2.33. The second-order valence-electron chi connectivity index (χ2n) is 3.92. The molecule has 0 aliphatic heterocycles. The Balaban J connectivity index is 2.37. The van der Waals surface area contributed by atoms with E-state index in [0.29, 0.717) is 9.79 Å². The minimum Gasteiger partial charge on any atom is -0.508 e. The number of phenols is 1. The first kappa shape index (κ1) is 14.3. The molecule has 6 heteroatoms. The molecule has 0 saturated carbocycles. The summed E-state index contributed by atoms with van der Waals surface area (Å²) in [6.45, 7) is 0. The molecule has 1 N–H and O–H groups in total. The molecule has 2 aromatic carbocycles. The van der Waals surface area contributed by atoms with Crippen LogP contribution in [0.1, 0.15) is 11.1 Å². The highest BCUT2D eigenvalue weighted by atomic mass is 32.2.